The first kappa shape index (κ1) is 9.75. The largest absolute Gasteiger partial charge is 0.472 e. The molecule has 0 aliphatic rings. The summed E-state index contributed by atoms with van der Waals surface area (Å²) in [5.41, 5.74) is 0.0665. The minimum absolute atomic E-state index is 0.0665. The van der Waals surface area contributed by atoms with Crippen molar-refractivity contribution < 1.29 is 14.3 Å². The van der Waals surface area contributed by atoms with Gasteiger partial charge in [-0.3, -0.25) is 0 Å². The van der Waals surface area contributed by atoms with E-state index >= 15 is 0 Å². The number of carboxylic acid groups (broad SMARTS) is 1. The zero-order valence-corrected chi connectivity index (χ0v) is 7.93. The highest BCUT2D eigenvalue weighted by atomic mass is 79.9. The summed E-state index contributed by atoms with van der Waals surface area (Å²) in [4.78, 5) is 10.1. The van der Waals surface area contributed by atoms with Gasteiger partial charge in [0, 0.05) is 10.4 Å². The Kier molecular flexibility index (Phi) is 3.04. The molecule has 0 bridgehead atoms. The molecule has 1 N–H and O–H groups in total. The Hall–Kier alpha value is -1.34. The molecule has 0 saturated heterocycles. The average molecular weight is 243 g/mol. The molecule has 13 heavy (non-hydrogen) atoms. The molecule has 0 radical (unpaired) electrons. The quantitative estimate of drug-likeness (QED) is 0.708. The highest BCUT2D eigenvalue weighted by Crippen LogP contribution is 2.14. The summed E-state index contributed by atoms with van der Waals surface area (Å²) in [6.07, 6.45) is 0. The Balaban J connectivity index is 3.09. The maximum Gasteiger partial charge on any atom is 0.382 e. The molecule has 0 aliphatic heterocycles. The molecule has 0 aliphatic carbocycles. The van der Waals surface area contributed by atoms with Crippen LogP contribution in [-0.4, -0.2) is 11.1 Å². The van der Waals surface area contributed by atoms with Gasteiger partial charge in [-0.1, -0.05) is 21.9 Å². The number of hydrogen-bond donors (Lipinski definition) is 1. The van der Waals surface area contributed by atoms with Gasteiger partial charge in [-0.2, -0.15) is 0 Å². The van der Waals surface area contributed by atoms with Crippen molar-refractivity contribution in [3.63, 3.8) is 0 Å². The topological polar surface area (TPSA) is 37.3 Å². The van der Waals surface area contributed by atoms with Crippen molar-refractivity contribution in [1.82, 2.24) is 0 Å². The lowest BCUT2D eigenvalue weighted by atomic mass is 10.2. The van der Waals surface area contributed by atoms with E-state index in [4.69, 9.17) is 5.11 Å². The molecule has 0 heterocycles. The maximum atomic E-state index is 12.9. The van der Waals surface area contributed by atoms with Gasteiger partial charge in [-0.05, 0) is 18.2 Å². The van der Waals surface area contributed by atoms with Crippen LogP contribution >= 0.6 is 15.9 Å². The zero-order valence-electron chi connectivity index (χ0n) is 6.34. The van der Waals surface area contributed by atoms with Crippen LogP contribution in [0.3, 0.4) is 0 Å². The number of benzene rings is 1. The fourth-order valence-electron chi connectivity index (χ4n) is 0.714. The van der Waals surface area contributed by atoms with E-state index in [0.29, 0.717) is 4.47 Å². The van der Waals surface area contributed by atoms with Crippen LogP contribution in [0.2, 0.25) is 0 Å². The Labute approximate surface area is 82.5 Å². The van der Waals surface area contributed by atoms with Gasteiger partial charge in [0.2, 0.25) is 0 Å². The third-order valence-corrected chi connectivity index (χ3v) is 1.73. The van der Waals surface area contributed by atoms with Crippen LogP contribution < -0.4 is 0 Å². The Morgan fingerprint density at radius 3 is 2.85 bits per heavy atom. The second-order valence-corrected chi connectivity index (χ2v) is 3.09. The Morgan fingerprint density at radius 2 is 2.23 bits per heavy atom. The first-order valence-electron chi connectivity index (χ1n) is 3.29. The van der Waals surface area contributed by atoms with Crippen LogP contribution in [-0.2, 0) is 4.79 Å². The molecule has 1 aromatic rings. The van der Waals surface area contributed by atoms with E-state index in [0.717, 1.165) is 0 Å². The molecule has 4 heteroatoms. The van der Waals surface area contributed by atoms with Gasteiger partial charge in [0.15, 0.2) is 0 Å². The zero-order chi connectivity index (χ0) is 9.84. The van der Waals surface area contributed by atoms with E-state index in [1.807, 2.05) is 5.92 Å². The van der Waals surface area contributed by atoms with Gasteiger partial charge in [0.1, 0.15) is 5.82 Å². The molecule has 0 amide bonds. The number of carbonyl (C=O) groups is 1. The summed E-state index contributed by atoms with van der Waals surface area (Å²) in [5.74, 6) is 2.23. The summed E-state index contributed by atoms with van der Waals surface area (Å²) < 4.78 is 13.6. The van der Waals surface area contributed by atoms with Crippen molar-refractivity contribution in [2.45, 2.75) is 0 Å². The number of carboxylic acids is 1. The fourth-order valence-corrected chi connectivity index (χ4v) is 1.08. The summed E-state index contributed by atoms with van der Waals surface area (Å²) in [6, 6.07) is 4.16. The second-order valence-electron chi connectivity index (χ2n) is 2.18. The summed E-state index contributed by atoms with van der Waals surface area (Å²) in [7, 11) is 0. The van der Waals surface area contributed by atoms with Crippen molar-refractivity contribution in [2.75, 3.05) is 0 Å². The molecule has 0 atom stereocenters. The van der Waals surface area contributed by atoms with Gasteiger partial charge >= 0.3 is 5.97 Å². The minimum Gasteiger partial charge on any atom is -0.472 e. The first-order chi connectivity index (χ1) is 6.09. The van der Waals surface area contributed by atoms with Gasteiger partial charge in [0.25, 0.3) is 0 Å². The van der Waals surface area contributed by atoms with Gasteiger partial charge in [-0.25, -0.2) is 9.18 Å². The van der Waals surface area contributed by atoms with Gasteiger partial charge < -0.3 is 5.11 Å². The van der Waals surface area contributed by atoms with Crippen molar-refractivity contribution in [1.29, 1.82) is 0 Å². The molecule has 0 fully saturated rings. The maximum absolute atomic E-state index is 12.9. The summed E-state index contributed by atoms with van der Waals surface area (Å²) in [5, 5.41) is 8.23. The van der Waals surface area contributed by atoms with E-state index in [1.165, 1.54) is 18.2 Å². The van der Waals surface area contributed by atoms with Gasteiger partial charge in [0.05, 0.1) is 5.56 Å². The molecule has 1 rings (SSSR count). The van der Waals surface area contributed by atoms with E-state index in [1.54, 1.807) is 0 Å². The van der Waals surface area contributed by atoms with Crippen LogP contribution in [0.4, 0.5) is 4.39 Å². The standard InChI is InChI=1S/C9H4BrFO2/c10-7-2-3-8(11)6(5-7)1-4-9(12)13/h2-3,5H,(H,12,13). The second kappa shape index (κ2) is 4.06. The van der Waals surface area contributed by atoms with Crippen LogP contribution in [0, 0.1) is 17.7 Å². The molecule has 66 valence electrons. The van der Waals surface area contributed by atoms with E-state index < -0.39 is 11.8 Å². The van der Waals surface area contributed by atoms with Crippen molar-refractivity contribution in [2.24, 2.45) is 0 Å². The smallest absolute Gasteiger partial charge is 0.382 e. The fraction of sp³-hybridized carbons (Fsp3) is 0. The normalized spacial score (nSPS) is 8.77. The molecule has 2 nitrogen and oxygen atoms in total. The molecule has 0 aromatic heterocycles. The van der Waals surface area contributed by atoms with Crippen LogP contribution in [0.1, 0.15) is 5.56 Å². The number of rotatable bonds is 0. The van der Waals surface area contributed by atoms with Crippen LogP contribution in [0.15, 0.2) is 22.7 Å². The van der Waals surface area contributed by atoms with Crippen molar-refractivity contribution in [3.8, 4) is 11.8 Å². The predicted octanol–water partition coefficient (Wildman–Crippen LogP) is 2.02. The SMILES string of the molecule is O=C(O)C#Cc1cc(Br)ccc1F. The first-order valence-corrected chi connectivity index (χ1v) is 4.09. The highest BCUT2D eigenvalue weighted by molar-refractivity contribution is 9.10. The molecule has 0 saturated carbocycles. The van der Waals surface area contributed by atoms with Gasteiger partial charge in [-0.15, -0.1) is 0 Å². The van der Waals surface area contributed by atoms with Crippen molar-refractivity contribution >= 4 is 21.9 Å². The number of hydrogen-bond acceptors (Lipinski definition) is 1. The van der Waals surface area contributed by atoms with Crippen LogP contribution in [0.25, 0.3) is 0 Å². The van der Waals surface area contributed by atoms with E-state index in [9.17, 15) is 9.18 Å². The third kappa shape index (κ3) is 2.88. The summed E-state index contributed by atoms with van der Waals surface area (Å²) in [6.45, 7) is 0. The molecule has 0 spiro atoms. The number of halogens is 2. The average Bonchev–Trinajstić information content (AvgIpc) is 2.06. The van der Waals surface area contributed by atoms with Crippen molar-refractivity contribution in [3.05, 3.63) is 34.1 Å². The molecular weight excluding hydrogens is 239 g/mol. The lowest BCUT2D eigenvalue weighted by Gasteiger charge is -1.93. The lowest BCUT2D eigenvalue weighted by molar-refractivity contribution is -0.130. The Bertz CT molecular complexity index is 404. The lowest BCUT2D eigenvalue weighted by Crippen LogP contribution is -1.89. The summed E-state index contributed by atoms with van der Waals surface area (Å²) >= 11 is 3.12. The van der Waals surface area contributed by atoms with E-state index in [-0.39, 0.29) is 5.56 Å². The molecule has 1 aromatic carbocycles. The van der Waals surface area contributed by atoms with Crippen LogP contribution in [0.5, 0.6) is 0 Å². The predicted molar refractivity (Wildman–Crippen MR) is 48.6 cm³/mol. The highest BCUT2D eigenvalue weighted by Gasteiger charge is 1.98. The minimum atomic E-state index is -1.28. The molecular formula is C9H4BrFO2. The monoisotopic (exact) mass is 242 g/mol. The number of aliphatic carboxylic acids is 1. The Morgan fingerprint density at radius 1 is 1.54 bits per heavy atom. The third-order valence-electron chi connectivity index (χ3n) is 1.23. The molecule has 0 unspecified atom stereocenters. The van der Waals surface area contributed by atoms with E-state index in [2.05, 4.69) is 21.9 Å².